The van der Waals surface area contributed by atoms with Crippen LogP contribution in [0.4, 0.5) is 4.79 Å². The highest BCUT2D eigenvalue weighted by molar-refractivity contribution is 8.04. The van der Waals surface area contributed by atoms with E-state index in [0.717, 1.165) is 15.4 Å². The lowest BCUT2D eigenvalue weighted by Crippen LogP contribution is -2.40. The minimum Gasteiger partial charge on any atom is -0.447 e. The SMILES string of the molecule is O=C1OC[C@H](Cc2ccccc2)N1C(=O)/C(=C\Cl)Sc1ccccc1. The third-order valence-electron chi connectivity index (χ3n) is 3.77. The van der Waals surface area contributed by atoms with E-state index in [2.05, 4.69) is 0 Å². The molecule has 128 valence electrons. The third kappa shape index (κ3) is 4.24. The number of cyclic esters (lactones) is 1. The minimum absolute atomic E-state index is 0.186. The summed E-state index contributed by atoms with van der Waals surface area (Å²) in [5, 5.41) is 0. The molecule has 0 aliphatic carbocycles. The van der Waals surface area contributed by atoms with Crippen molar-refractivity contribution in [2.45, 2.75) is 17.4 Å². The molecule has 0 unspecified atom stereocenters. The zero-order valence-electron chi connectivity index (χ0n) is 13.3. The largest absolute Gasteiger partial charge is 0.447 e. The van der Waals surface area contributed by atoms with E-state index in [9.17, 15) is 9.59 Å². The van der Waals surface area contributed by atoms with Gasteiger partial charge in [0.25, 0.3) is 5.91 Å². The standard InChI is InChI=1S/C19H16ClNO3S/c20-12-17(25-16-9-5-2-6-10-16)18(22)21-15(13-24-19(21)23)11-14-7-3-1-4-8-14/h1-10,12,15H,11,13H2/b17-12+/t15-/m0/s1. The zero-order valence-corrected chi connectivity index (χ0v) is 14.9. The van der Waals surface area contributed by atoms with E-state index in [-0.39, 0.29) is 17.6 Å². The number of carbonyl (C=O) groups excluding carboxylic acids is 2. The van der Waals surface area contributed by atoms with E-state index in [1.165, 1.54) is 17.3 Å². The Labute approximate surface area is 155 Å². The molecule has 0 N–H and O–H groups in total. The number of hydrogen-bond donors (Lipinski definition) is 0. The van der Waals surface area contributed by atoms with Crippen molar-refractivity contribution >= 4 is 35.4 Å². The molecule has 1 atom stereocenters. The van der Waals surface area contributed by atoms with E-state index in [1.807, 2.05) is 60.7 Å². The highest BCUT2D eigenvalue weighted by Crippen LogP contribution is 2.30. The number of hydrogen-bond acceptors (Lipinski definition) is 4. The van der Waals surface area contributed by atoms with Crippen molar-refractivity contribution in [2.75, 3.05) is 6.61 Å². The van der Waals surface area contributed by atoms with E-state index in [0.29, 0.717) is 6.42 Å². The maximum absolute atomic E-state index is 12.8. The van der Waals surface area contributed by atoms with Crippen LogP contribution in [0.3, 0.4) is 0 Å². The summed E-state index contributed by atoms with van der Waals surface area (Å²) in [6, 6.07) is 18.8. The van der Waals surface area contributed by atoms with Gasteiger partial charge in [0.1, 0.15) is 6.61 Å². The molecular weight excluding hydrogens is 358 g/mol. The van der Waals surface area contributed by atoms with E-state index >= 15 is 0 Å². The molecule has 2 aromatic rings. The second-order valence-corrected chi connectivity index (χ2v) is 6.82. The molecule has 1 aliphatic rings. The fourth-order valence-corrected chi connectivity index (χ4v) is 3.60. The van der Waals surface area contributed by atoms with Crippen molar-refractivity contribution in [3.8, 4) is 0 Å². The summed E-state index contributed by atoms with van der Waals surface area (Å²) in [6.07, 6.45) is -0.0835. The molecule has 0 saturated carbocycles. The van der Waals surface area contributed by atoms with Crippen molar-refractivity contribution in [1.29, 1.82) is 0 Å². The number of rotatable bonds is 5. The second kappa shape index (κ2) is 8.23. The van der Waals surface area contributed by atoms with Crippen molar-refractivity contribution in [3.63, 3.8) is 0 Å². The molecule has 0 radical (unpaired) electrons. The molecule has 0 spiro atoms. The first kappa shape index (κ1) is 17.6. The number of amides is 2. The van der Waals surface area contributed by atoms with Gasteiger partial charge in [-0.05, 0) is 24.1 Å². The molecule has 3 rings (SSSR count). The monoisotopic (exact) mass is 373 g/mol. The number of imide groups is 1. The van der Waals surface area contributed by atoms with Crippen LogP contribution in [0, 0.1) is 0 Å². The number of benzene rings is 2. The fourth-order valence-electron chi connectivity index (χ4n) is 2.59. The van der Waals surface area contributed by atoms with Crippen LogP contribution in [0.15, 0.2) is 76.0 Å². The van der Waals surface area contributed by atoms with Gasteiger partial charge in [0.05, 0.1) is 10.9 Å². The van der Waals surface area contributed by atoms with Gasteiger partial charge in [-0.15, -0.1) is 0 Å². The Bertz CT molecular complexity index is 780. The van der Waals surface area contributed by atoms with E-state index < -0.39 is 12.0 Å². The highest BCUT2D eigenvalue weighted by atomic mass is 35.5. The Morgan fingerprint density at radius 2 is 1.80 bits per heavy atom. The van der Waals surface area contributed by atoms with Gasteiger partial charge in [-0.3, -0.25) is 4.79 Å². The van der Waals surface area contributed by atoms with Gasteiger partial charge < -0.3 is 4.74 Å². The summed E-state index contributed by atoms with van der Waals surface area (Å²) in [7, 11) is 0. The van der Waals surface area contributed by atoms with E-state index in [4.69, 9.17) is 16.3 Å². The smallest absolute Gasteiger partial charge is 0.417 e. The van der Waals surface area contributed by atoms with Crippen LogP contribution in [0.2, 0.25) is 0 Å². The summed E-state index contributed by atoms with van der Waals surface area (Å²) in [6.45, 7) is 0.186. The first-order chi connectivity index (χ1) is 12.2. The van der Waals surface area contributed by atoms with Gasteiger partial charge in [-0.1, -0.05) is 71.9 Å². The number of carbonyl (C=O) groups is 2. The van der Waals surface area contributed by atoms with Gasteiger partial charge in [0, 0.05) is 10.4 Å². The Hall–Kier alpha value is -2.24. The molecule has 25 heavy (non-hydrogen) atoms. The molecule has 2 amide bonds. The molecule has 1 aliphatic heterocycles. The van der Waals surface area contributed by atoms with Crippen molar-refractivity contribution in [1.82, 2.24) is 4.90 Å². The topological polar surface area (TPSA) is 46.6 Å². The number of thioether (sulfide) groups is 1. The quantitative estimate of drug-likeness (QED) is 0.574. The van der Waals surface area contributed by atoms with Gasteiger partial charge in [0.2, 0.25) is 0 Å². The average molecular weight is 374 g/mol. The molecule has 1 saturated heterocycles. The van der Waals surface area contributed by atoms with Crippen LogP contribution >= 0.6 is 23.4 Å². The third-order valence-corrected chi connectivity index (χ3v) is 5.14. The molecule has 6 heteroatoms. The molecular formula is C19H16ClNO3S. The Kier molecular flexibility index (Phi) is 5.79. The first-order valence-electron chi connectivity index (χ1n) is 7.76. The maximum atomic E-state index is 12.8. The van der Waals surface area contributed by atoms with Gasteiger partial charge in [0.15, 0.2) is 0 Å². The van der Waals surface area contributed by atoms with Crippen LogP contribution < -0.4 is 0 Å². The normalized spacial score (nSPS) is 17.5. The van der Waals surface area contributed by atoms with Crippen LogP contribution in [0.25, 0.3) is 0 Å². The molecule has 0 aromatic heterocycles. The van der Waals surface area contributed by atoms with Gasteiger partial charge in [-0.2, -0.15) is 0 Å². The second-order valence-electron chi connectivity index (χ2n) is 5.48. The predicted molar refractivity (Wildman–Crippen MR) is 98.4 cm³/mol. The van der Waals surface area contributed by atoms with Gasteiger partial charge in [-0.25, -0.2) is 9.69 Å². The van der Waals surface area contributed by atoms with Crippen LogP contribution in [0.1, 0.15) is 5.56 Å². The fraction of sp³-hybridized carbons (Fsp3) is 0.158. The molecule has 1 heterocycles. The molecule has 4 nitrogen and oxygen atoms in total. The summed E-state index contributed by atoms with van der Waals surface area (Å²) in [5.74, 6) is -0.438. The first-order valence-corrected chi connectivity index (χ1v) is 9.02. The highest BCUT2D eigenvalue weighted by Gasteiger charge is 2.39. The van der Waals surface area contributed by atoms with Crippen LogP contribution in [-0.4, -0.2) is 29.5 Å². The minimum atomic E-state index is -0.629. The number of halogens is 1. The van der Waals surface area contributed by atoms with Crippen LogP contribution in [-0.2, 0) is 16.0 Å². The predicted octanol–water partition coefficient (Wildman–Crippen LogP) is 4.45. The number of nitrogens with zero attached hydrogens (tertiary/aromatic N) is 1. The van der Waals surface area contributed by atoms with E-state index in [1.54, 1.807) is 0 Å². The van der Waals surface area contributed by atoms with Crippen molar-refractivity contribution in [3.05, 3.63) is 76.7 Å². The lowest BCUT2D eigenvalue weighted by Gasteiger charge is -2.20. The summed E-state index contributed by atoms with van der Waals surface area (Å²) >= 11 is 7.09. The van der Waals surface area contributed by atoms with Crippen LogP contribution in [0.5, 0.6) is 0 Å². The lowest BCUT2D eigenvalue weighted by molar-refractivity contribution is -0.124. The Balaban J connectivity index is 1.76. The zero-order chi connectivity index (χ0) is 17.6. The molecule has 0 bridgehead atoms. The molecule has 2 aromatic carbocycles. The number of ether oxygens (including phenoxy) is 1. The lowest BCUT2D eigenvalue weighted by atomic mass is 10.1. The average Bonchev–Trinajstić information content (AvgIpc) is 3.01. The van der Waals surface area contributed by atoms with Gasteiger partial charge >= 0.3 is 6.09 Å². The Morgan fingerprint density at radius 3 is 2.44 bits per heavy atom. The van der Waals surface area contributed by atoms with Crippen molar-refractivity contribution in [2.24, 2.45) is 0 Å². The summed E-state index contributed by atoms with van der Waals surface area (Å²) < 4.78 is 5.10. The Morgan fingerprint density at radius 1 is 1.16 bits per heavy atom. The molecule has 1 fully saturated rings. The summed E-state index contributed by atoms with van der Waals surface area (Å²) in [4.78, 5) is 27.3. The maximum Gasteiger partial charge on any atom is 0.417 e. The van der Waals surface area contributed by atoms with Crippen molar-refractivity contribution < 1.29 is 14.3 Å². The summed E-state index contributed by atoms with van der Waals surface area (Å²) in [5.41, 5.74) is 2.25.